The van der Waals surface area contributed by atoms with Crippen LogP contribution in [0.15, 0.2) is 145 Å². The van der Waals surface area contributed by atoms with Crippen molar-refractivity contribution in [2.24, 2.45) is 0 Å². The average molecular weight is 516 g/mol. The molecule has 3 heterocycles. The average Bonchev–Trinajstić information content (AvgIpc) is 3.36. The summed E-state index contributed by atoms with van der Waals surface area (Å²) in [5.41, 5.74) is 10.6. The van der Waals surface area contributed by atoms with E-state index in [-0.39, 0.29) is 0 Å². The number of pyridine rings is 1. The van der Waals surface area contributed by atoms with Crippen LogP contribution in [0.25, 0.3) is 55.1 Å². The fraction of sp³-hybridized carbons (Fsp3) is 0.0541. The molecule has 3 nitrogen and oxygen atoms in total. The second-order valence-electron chi connectivity index (χ2n) is 10.1. The first kappa shape index (κ1) is 23.9. The molecule has 0 fully saturated rings. The first-order chi connectivity index (χ1) is 19.7. The fourth-order valence-electron chi connectivity index (χ4n) is 5.89. The number of nitrogens with one attached hydrogen (secondary N) is 1. The maximum Gasteiger partial charge on any atom is 0.0619 e. The van der Waals surface area contributed by atoms with Crippen LogP contribution in [0.2, 0.25) is 0 Å². The number of fused-ring (bicyclic) bond motifs is 5. The standard InChI is InChI=1S/C37H29N3/c1-3-25(4-2)30-15-19-35(39-24-30)28-14-16-32-27(21-28)13-18-34-33-17-12-26(29-9-8-20-38-23-29)22-36(33)40(37(32)34)31-10-6-5-7-11-31/h3-23,39H,1,24H2,2H3/b25-4+. The molecule has 0 saturated heterocycles. The van der Waals surface area contributed by atoms with Gasteiger partial charge < -0.3 is 9.88 Å². The number of allylic oxidation sites excluding steroid dienone is 4. The minimum atomic E-state index is 0.788. The van der Waals surface area contributed by atoms with Gasteiger partial charge in [-0.15, -0.1) is 0 Å². The summed E-state index contributed by atoms with van der Waals surface area (Å²) >= 11 is 0. The number of aromatic nitrogens is 2. The van der Waals surface area contributed by atoms with Crippen LogP contribution in [0.5, 0.6) is 0 Å². The van der Waals surface area contributed by atoms with Crippen molar-refractivity contribution in [3.05, 3.63) is 151 Å². The molecule has 2 aromatic heterocycles. The summed E-state index contributed by atoms with van der Waals surface area (Å²) in [6.45, 7) is 6.78. The molecule has 0 aliphatic carbocycles. The molecule has 192 valence electrons. The Balaban J connectivity index is 1.44. The van der Waals surface area contributed by atoms with Crippen molar-refractivity contribution in [2.75, 3.05) is 6.54 Å². The molecule has 0 spiro atoms. The lowest BCUT2D eigenvalue weighted by molar-refractivity contribution is 0.953. The first-order valence-corrected chi connectivity index (χ1v) is 13.7. The summed E-state index contributed by atoms with van der Waals surface area (Å²) < 4.78 is 2.41. The van der Waals surface area contributed by atoms with Crippen molar-refractivity contribution < 1.29 is 0 Å². The summed E-state index contributed by atoms with van der Waals surface area (Å²) in [6, 6.07) is 32.8. The van der Waals surface area contributed by atoms with Crippen molar-refractivity contribution in [2.45, 2.75) is 6.92 Å². The number of nitrogens with zero attached hydrogens (tertiary/aromatic N) is 2. The largest absolute Gasteiger partial charge is 0.380 e. The van der Waals surface area contributed by atoms with Crippen LogP contribution < -0.4 is 5.32 Å². The third kappa shape index (κ3) is 3.95. The van der Waals surface area contributed by atoms with Gasteiger partial charge in [0.25, 0.3) is 0 Å². The van der Waals surface area contributed by atoms with Crippen LogP contribution in [0.4, 0.5) is 0 Å². The van der Waals surface area contributed by atoms with E-state index >= 15 is 0 Å². The molecule has 1 aliphatic heterocycles. The Morgan fingerprint density at radius 1 is 0.825 bits per heavy atom. The lowest BCUT2D eigenvalue weighted by Gasteiger charge is -2.19. The summed E-state index contributed by atoms with van der Waals surface area (Å²) in [5.74, 6) is 0. The van der Waals surface area contributed by atoms with E-state index < -0.39 is 0 Å². The Labute approximate surface area is 234 Å². The van der Waals surface area contributed by atoms with E-state index in [0.717, 1.165) is 29.1 Å². The molecule has 0 unspecified atom stereocenters. The Morgan fingerprint density at radius 2 is 1.65 bits per heavy atom. The number of para-hydroxylation sites is 1. The summed E-state index contributed by atoms with van der Waals surface area (Å²) in [5, 5.41) is 8.56. The molecule has 0 saturated carbocycles. The van der Waals surface area contributed by atoms with Gasteiger partial charge in [0.15, 0.2) is 0 Å². The highest BCUT2D eigenvalue weighted by Gasteiger charge is 2.17. The lowest BCUT2D eigenvalue weighted by atomic mass is 9.98. The van der Waals surface area contributed by atoms with Gasteiger partial charge in [0.2, 0.25) is 0 Å². The smallest absolute Gasteiger partial charge is 0.0619 e. The van der Waals surface area contributed by atoms with Crippen molar-refractivity contribution in [3.8, 4) is 16.8 Å². The van der Waals surface area contributed by atoms with E-state index in [0.29, 0.717) is 0 Å². The van der Waals surface area contributed by atoms with Crippen LogP contribution >= 0.6 is 0 Å². The maximum atomic E-state index is 4.35. The van der Waals surface area contributed by atoms with E-state index in [1.807, 2.05) is 24.5 Å². The number of benzene rings is 4. The molecule has 40 heavy (non-hydrogen) atoms. The predicted molar refractivity (Wildman–Crippen MR) is 170 cm³/mol. The van der Waals surface area contributed by atoms with Crippen LogP contribution in [0, 0.1) is 0 Å². The van der Waals surface area contributed by atoms with Crippen molar-refractivity contribution in [1.82, 2.24) is 14.9 Å². The van der Waals surface area contributed by atoms with E-state index in [4.69, 9.17) is 0 Å². The van der Waals surface area contributed by atoms with E-state index in [2.05, 4.69) is 132 Å². The molecule has 1 aliphatic rings. The number of rotatable bonds is 5. The van der Waals surface area contributed by atoms with Gasteiger partial charge in [0, 0.05) is 52.0 Å². The van der Waals surface area contributed by atoms with Crippen LogP contribution in [-0.4, -0.2) is 16.1 Å². The van der Waals surface area contributed by atoms with Crippen molar-refractivity contribution >= 4 is 38.3 Å². The minimum Gasteiger partial charge on any atom is -0.380 e. The quantitative estimate of drug-likeness (QED) is 0.232. The molecule has 0 radical (unpaired) electrons. The monoisotopic (exact) mass is 515 g/mol. The zero-order valence-corrected chi connectivity index (χ0v) is 22.4. The molecule has 3 heteroatoms. The molecule has 4 aromatic carbocycles. The van der Waals surface area contributed by atoms with Gasteiger partial charge in [-0.2, -0.15) is 0 Å². The SMILES string of the molecule is C=C/C(=C\C)C1=CC=C(c2ccc3c(ccc4c5ccc(-c6cccnc6)cc5n(-c5ccccc5)c34)c2)NC1. The topological polar surface area (TPSA) is 29.9 Å². The van der Waals surface area contributed by atoms with Crippen molar-refractivity contribution in [1.29, 1.82) is 0 Å². The van der Waals surface area contributed by atoms with Gasteiger partial charge in [-0.05, 0) is 71.0 Å². The Kier molecular flexibility index (Phi) is 5.90. The third-order valence-corrected chi connectivity index (χ3v) is 7.89. The van der Waals surface area contributed by atoms with Gasteiger partial charge in [0.1, 0.15) is 0 Å². The molecule has 6 aromatic rings. The zero-order valence-electron chi connectivity index (χ0n) is 22.4. The van der Waals surface area contributed by atoms with Gasteiger partial charge in [-0.3, -0.25) is 4.98 Å². The minimum absolute atomic E-state index is 0.788. The Hall–Kier alpha value is -5.15. The van der Waals surface area contributed by atoms with Gasteiger partial charge in [-0.1, -0.05) is 85.5 Å². The zero-order chi connectivity index (χ0) is 27.1. The van der Waals surface area contributed by atoms with Crippen LogP contribution in [0.1, 0.15) is 12.5 Å². The second kappa shape index (κ2) is 9.87. The highest BCUT2D eigenvalue weighted by Crippen LogP contribution is 2.39. The van der Waals surface area contributed by atoms with Gasteiger partial charge in [-0.25, -0.2) is 0 Å². The molecular formula is C37H29N3. The molecular weight excluding hydrogens is 486 g/mol. The molecule has 0 atom stereocenters. The normalized spacial score (nSPS) is 13.8. The van der Waals surface area contributed by atoms with Gasteiger partial charge >= 0.3 is 0 Å². The lowest BCUT2D eigenvalue weighted by Crippen LogP contribution is -2.19. The second-order valence-corrected chi connectivity index (χ2v) is 10.1. The first-order valence-electron chi connectivity index (χ1n) is 13.7. The molecule has 7 rings (SSSR count). The molecule has 1 N–H and O–H groups in total. The van der Waals surface area contributed by atoms with Crippen LogP contribution in [-0.2, 0) is 0 Å². The number of hydrogen-bond donors (Lipinski definition) is 1. The molecule has 0 bridgehead atoms. The third-order valence-electron chi connectivity index (χ3n) is 7.89. The summed E-state index contributed by atoms with van der Waals surface area (Å²) in [4.78, 5) is 4.35. The number of dihydropyridines is 1. The highest BCUT2D eigenvalue weighted by atomic mass is 15.0. The molecule has 0 amide bonds. The van der Waals surface area contributed by atoms with Crippen molar-refractivity contribution in [3.63, 3.8) is 0 Å². The van der Waals surface area contributed by atoms with Crippen LogP contribution in [0.3, 0.4) is 0 Å². The van der Waals surface area contributed by atoms with Gasteiger partial charge in [0.05, 0.1) is 11.0 Å². The number of hydrogen-bond acceptors (Lipinski definition) is 2. The Morgan fingerprint density at radius 3 is 2.40 bits per heavy atom. The van der Waals surface area contributed by atoms with E-state index in [1.165, 1.54) is 49.3 Å². The summed E-state index contributed by atoms with van der Waals surface area (Å²) in [6.07, 6.45) is 12.1. The Bertz CT molecular complexity index is 2010. The van der Waals surface area contributed by atoms with E-state index in [9.17, 15) is 0 Å². The fourth-order valence-corrected chi connectivity index (χ4v) is 5.89. The van der Waals surface area contributed by atoms with E-state index in [1.54, 1.807) is 0 Å². The predicted octanol–water partition coefficient (Wildman–Crippen LogP) is 9.00. The summed E-state index contributed by atoms with van der Waals surface area (Å²) in [7, 11) is 0. The highest BCUT2D eigenvalue weighted by molar-refractivity contribution is 6.19. The maximum absolute atomic E-state index is 4.35.